The second kappa shape index (κ2) is 7.38. The SMILES string of the molecule is Cc1nc2ccccc2c(=O)n1[C@@H](C)C(=O)Nc1ccc(Br)c(C(F)(F)F)c1. The van der Waals surface area contributed by atoms with Gasteiger partial charge >= 0.3 is 6.18 Å². The van der Waals surface area contributed by atoms with Gasteiger partial charge in [-0.1, -0.05) is 28.1 Å². The number of aryl methyl sites for hydroxylation is 1. The molecule has 3 aromatic rings. The minimum absolute atomic E-state index is 0.0215. The Hall–Kier alpha value is -2.68. The van der Waals surface area contributed by atoms with Crippen molar-refractivity contribution in [3.8, 4) is 0 Å². The van der Waals surface area contributed by atoms with Gasteiger partial charge in [-0.25, -0.2) is 4.98 Å². The lowest BCUT2D eigenvalue weighted by molar-refractivity contribution is -0.138. The van der Waals surface area contributed by atoms with Gasteiger partial charge in [-0.2, -0.15) is 13.2 Å². The summed E-state index contributed by atoms with van der Waals surface area (Å²) in [5.74, 6) is -0.295. The minimum Gasteiger partial charge on any atom is -0.324 e. The molecule has 146 valence electrons. The van der Waals surface area contributed by atoms with E-state index in [1.54, 1.807) is 31.2 Å². The predicted octanol–water partition coefficient (Wildman–Crippen LogP) is 4.69. The summed E-state index contributed by atoms with van der Waals surface area (Å²) in [6.07, 6.45) is -4.57. The van der Waals surface area contributed by atoms with Crippen LogP contribution in [0.1, 0.15) is 24.4 Å². The molecule has 0 saturated carbocycles. The summed E-state index contributed by atoms with van der Waals surface area (Å²) in [7, 11) is 0. The number of nitrogens with zero attached hydrogens (tertiary/aromatic N) is 2. The molecule has 0 aliphatic heterocycles. The van der Waals surface area contributed by atoms with Crippen LogP contribution >= 0.6 is 15.9 Å². The van der Waals surface area contributed by atoms with Crippen molar-refractivity contribution < 1.29 is 18.0 Å². The summed E-state index contributed by atoms with van der Waals surface area (Å²) in [4.78, 5) is 29.7. The van der Waals surface area contributed by atoms with Crippen LogP contribution in [0.15, 0.2) is 51.7 Å². The van der Waals surface area contributed by atoms with E-state index < -0.39 is 29.2 Å². The van der Waals surface area contributed by atoms with E-state index in [1.165, 1.54) is 23.6 Å². The average molecular weight is 454 g/mol. The molecule has 28 heavy (non-hydrogen) atoms. The zero-order chi connectivity index (χ0) is 20.6. The minimum atomic E-state index is -4.57. The number of anilines is 1. The van der Waals surface area contributed by atoms with Crippen LogP contribution in [0.5, 0.6) is 0 Å². The van der Waals surface area contributed by atoms with Crippen LogP contribution in [-0.2, 0) is 11.0 Å². The third kappa shape index (κ3) is 3.80. The number of carbonyl (C=O) groups excluding carboxylic acids is 1. The Bertz CT molecular complexity index is 1130. The van der Waals surface area contributed by atoms with E-state index in [2.05, 4.69) is 26.2 Å². The number of amides is 1. The van der Waals surface area contributed by atoms with E-state index >= 15 is 0 Å². The van der Waals surface area contributed by atoms with Gasteiger partial charge in [0, 0.05) is 10.2 Å². The van der Waals surface area contributed by atoms with Crippen molar-refractivity contribution in [2.24, 2.45) is 0 Å². The third-order valence-corrected chi connectivity index (χ3v) is 4.98. The molecule has 0 bridgehead atoms. The highest BCUT2D eigenvalue weighted by atomic mass is 79.9. The van der Waals surface area contributed by atoms with Gasteiger partial charge < -0.3 is 5.32 Å². The van der Waals surface area contributed by atoms with Crippen molar-refractivity contribution in [1.29, 1.82) is 0 Å². The molecule has 1 amide bonds. The highest BCUT2D eigenvalue weighted by molar-refractivity contribution is 9.10. The Morgan fingerprint density at radius 2 is 1.89 bits per heavy atom. The van der Waals surface area contributed by atoms with Gasteiger partial charge in [0.25, 0.3) is 5.56 Å². The van der Waals surface area contributed by atoms with E-state index in [-0.39, 0.29) is 10.2 Å². The normalized spacial score (nSPS) is 12.8. The molecular weight excluding hydrogens is 439 g/mol. The second-order valence-electron chi connectivity index (χ2n) is 6.21. The van der Waals surface area contributed by atoms with E-state index in [0.717, 1.165) is 6.07 Å². The van der Waals surface area contributed by atoms with Crippen molar-refractivity contribution >= 4 is 38.4 Å². The Labute approximate surface area is 166 Å². The number of aromatic nitrogens is 2. The molecule has 1 N–H and O–H groups in total. The van der Waals surface area contributed by atoms with E-state index in [9.17, 15) is 22.8 Å². The van der Waals surface area contributed by atoms with Crippen LogP contribution in [0.3, 0.4) is 0 Å². The molecule has 0 spiro atoms. The first-order chi connectivity index (χ1) is 13.1. The van der Waals surface area contributed by atoms with E-state index in [4.69, 9.17) is 0 Å². The molecule has 2 aromatic carbocycles. The average Bonchev–Trinajstić information content (AvgIpc) is 2.62. The van der Waals surface area contributed by atoms with Crippen molar-refractivity contribution in [2.45, 2.75) is 26.1 Å². The zero-order valence-corrected chi connectivity index (χ0v) is 16.4. The smallest absolute Gasteiger partial charge is 0.324 e. The molecule has 0 saturated heterocycles. The first-order valence-corrected chi connectivity index (χ1v) is 9.04. The van der Waals surface area contributed by atoms with Crippen molar-refractivity contribution in [1.82, 2.24) is 9.55 Å². The van der Waals surface area contributed by atoms with Crippen molar-refractivity contribution in [3.05, 3.63) is 68.7 Å². The highest BCUT2D eigenvalue weighted by Crippen LogP contribution is 2.36. The summed E-state index contributed by atoms with van der Waals surface area (Å²) in [6, 6.07) is 9.16. The van der Waals surface area contributed by atoms with Gasteiger partial charge in [-0.3, -0.25) is 14.2 Å². The molecule has 1 atom stereocenters. The zero-order valence-electron chi connectivity index (χ0n) is 14.8. The molecule has 3 rings (SSSR count). The number of fused-ring (bicyclic) bond motifs is 1. The Morgan fingerprint density at radius 1 is 1.21 bits per heavy atom. The molecule has 5 nitrogen and oxygen atoms in total. The molecule has 0 unspecified atom stereocenters. The number of alkyl halides is 3. The maximum absolute atomic E-state index is 13.0. The molecule has 1 aromatic heterocycles. The molecule has 1 heterocycles. The van der Waals surface area contributed by atoms with Crippen LogP contribution in [0.2, 0.25) is 0 Å². The summed E-state index contributed by atoms with van der Waals surface area (Å²) < 4.78 is 40.2. The lowest BCUT2D eigenvalue weighted by Gasteiger charge is -2.18. The monoisotopic (exact) mass is 453 g/mol. The molecule has 0 aliphatic carbocycles. The largest absolute Gasteiger partial charge is 0.417 e. The van der Waals surface area contributed by atoms with Gasteiger partial charge in [0.1, 0.15) is 11.9 Å². The predicted molar refractivity (Wildman–Crippen MR) is 103 cm³/mol. The van der Waals surface area contributed by atoms with Gasteiger partial charge in [0.15, 0.2) is 0 Å². The molecule has 0 aliphatic rings. The number of hydrogen-bond donors (Lipinski definition) is 1. The second-order valence-corrected chi connectivity index (χ2v) is 7.06. The maximum atomic E-state index is 13.0. The van der Waals surface area contributed by atoms with Crippen LogP contribution in [0.4, 0.5) is 18.9 Å². The van der Waals surface area contributed by atoms with Gasteiger partial charge in [-0.05, 0) is 44.2 Å². The van der Waals surface area contributed by atoms with Gasteiger partial charge in [0.05, 0.1) is 16.5 Å². The number of nitrogens with one attached hydrogen (secondary N) is 1. The van der Waals surface area contributed by atoms with Crippen LogP contribution < -0.4 is 10.9 Å². The highest BCUT2D eigenvalue weighted by Gasteiger charge is 2.33. The first kappa shape index (κ1) is 20.1. The lowest BCUT2D eigenvalue weighted by Crippen LogP contribution is -2.33. The van der Waals surface area contributed by atoms with Crippen LogP contribution in [0, 0.1) is 6.92 Å². The molecule has 9 heteroatoms. The summed E-state index contributed by atoms with van der Waals surface area (Å²) in [6.45, 7) is 3.09. The lowest BCUT2D eigenvalue weighted by atomic mass is 10.2. The van der Waals surface area contributed by atoms with Crippen molar-refractivity contribution in [3.63, 3.8) is 0 Å². The third-order valence-electron chi connectivity index (χ3n) is 4.29. The number of para-hydroxylation sites is 1. The molecule has 0 fully saturated rings. The van der Waals surface area contributed by atoms with E-state index in [1.807, 2.05) is 0 Å². The van der Waals surface area contributed by atoms with Gasteiger partial charge in [0.2, 0.25) is 5.91 Å². The maximum Gasteiger partial charge on any atom is 0.417 e. The fourth-order valence-electron chi connectivity index (χ4n) is 2.90. The topological polar surface area (TPSA) is 64.0 Å². The van der Waals surface area contributed by atoms with Crippen molar-refractivity contribution in [2.75, 3.05) is 5.32 Å². The first-order valence-electron chi connectivity index (χ1n) is 8.25. The summed E-state index contributed by atoms with van der Waals surface area (Å²) >= 11 is 2.85. The number of halogens is 4. The number of rotatable bonds is 3. The fourth-order valence-corrected chi connectivity index (χ4v) is 3.37. The summed E-state index contributed by atoms with van der Waals surface area (Å²) in [5.41, 5.74) is -0.806. The van der Waals surface area contributed by atoms with Crippen LogP contribution in [-0.4, -0.2) is 15.5 Å². The molecular formula is C19H15BrF3N3O2. The van der Waals surface area contributed by atoms with Crippen LogP contribution in [0.25, 0.3) is 10.9 Å². The number of carbonyl (C=O) groups is 1. The van der Waals surface area contributed by atoms with Gasteiger partial charge in [-0.15, -0.1) is 0 Å². The Kier molecular flexibility index (Phi) is 5.29. The standard InChI is InChI=1S/C19H15BrF3N3O2/c1-10(26-11(2)24-16-6-4-3-5-13(16)18(26)28)17(27)25-12-7-8-15(20)14(9-12)19(21,22)23/h3-10H,1-2H3,(H,25,27)/t10-/m0/s1. The fraction of sp³-hybridized carbons (Fsp3) is 0.211. The quantitative estimate of drug-likeness (QED) is 0.625. The molecule has 0 radical (unpaired) electrons. The summed E-state index contributed by atoms with van der Waals surface area (Å²) in [5, 5.41) is 2.79. The Morgan fingerprint density at radius 3 is 2.57 bits per heavy atom. The van der Waals surface area contributed by atoms with E-state index in [0.29, 0.717) is 16.7 Å². The number of benzene rings is 2. The number of hydrogen-bond acceptors (Lipinski definition) is 3. The Balaban J connectivity index is 1.94.